The molecule has 2 amide bonds. The number of carbonyl (C=O) groups is 4. The number of carboxylic acids is 2. The third-order valence-corrected chi connectivity index (χ3v) is 5.54. The molecule has 16 heteroatoms. The molecule has 8 N–H and O–H groups in total. The molecule has 0 aliphatic carbocycles. The molecule has 0 aliphatic rings. The van der Waals surface area contributed by atoms with E-state index in [0.717, 1.165) is 0 Å². The van der Waals surface area contributed by atoms with Crippen LogP contribution in [0.2, 0.25) is 0 Å². The highest BCUT2D eigenvalue weighted by molar-refractivity contribution is 7.80. The van der Waals surface area contributed by atoms with Gasteiger partial charge in [-0.1, -0.05) is 0 Å². The van der Waals surface area contributed by atoms with Crippen LogP contribution in [0.4, 0.5) is 11.6 Å². The quantitative estimate of drug-likeness (QED) is 0.133. The molecule has 3 aromatic rings. The van der Waals surface area contributed by atoms with Crippen molar-refractivity contribution < 1.29 is 29.4 Å². The number of aromatic nitrogens is 4. The van der Waals surface area contributed by atoms with E-state index in [9.17, 15) is 24.0 Å². The van der Waals surface area contributed by atoms with Crippen LogP contribution in [0.1, 0.15) is 28.9 Å². The lowest BCUT2D eigenvalue weighted by Gasteiger charge is -2.20. The number of carbonyl (C=O) groups excluding carboxylic acids is 2. The highest BCUT2D eigenvalue weighted by Gasteiger charge is 2.26. The second kappa shape index (κ2) is 12.5. The van der Waals surface area contributed by atoms with Gasteiger partial charge in [-0.05, 0) is 30.7 Å². The van der Waals surface area contributed by atoms with Crippen molar-refractivity contribution in [3.8, 4) is 0 Å². The molecule has 0 bridgehead atoms. The predicted molar refractivity (Wildman–Crippen MR) is 138 cm³/mol. The zero-order chi connectivity index (χ0) is 27.8. The number of fused-ring (bicyclic) bond motifs is 1. The Morgan fingerprint density at radius 3 is 2.39 bits per heavy atom. The van der Waals surface area contributed by atoms with Gasteiger partial charge < -0.3 is 31.9 Å². The lowest BCUT2D eigenvalue weighted by molar-refractivity contribution is -0.142. The summed E-state index contributed by atoms with van der Waals surface area (Å²) in [4.78, 5) is 73.9. The number of hydrogen-bond acceptors (Lipinski definition) is 11. The van der Waals surface area contributed by atoms with Crippen LogP contribution in [0, 0.1) is 0 Å². The van der Waals surface area contributed by atoms with E-state index in [4.69, 9.17) is 15.9 Å². The molecule has 200 valence electrons. The van der Waals surface area contributed by atoms with Gasteiger partial charge >= 0.3 is 11.9 Å². The van der Waals surface area contributed by atoms with Gasteiger partial charge in [0, 0.05) is 23.4 Å². The molecule has 0 saturated carbocycles. The molecule has 2 aromatic heterocycles. The molecule has 2 atom stereocenters. The topological polar surface area (TPSA) is 242 Å². The number of H-pyrrole nitrogens is 1. The number of nitrogens with zero attached hydrogens (tertiary/aromatic N) is 3. The van der Waals surface area contributed by atoms with Gasteiger partial charge in [0.25, 0.3) is 11.5 Å². The molecule has 0 aliphatic heterocycles. The number of aromatic amines is 1. The summed E-state index contributed by atoms with van der Waals surface area (Å²) in [6.45, 7) is 0.200. The molecule has 0 unspecified atom stereocenters. The Kier molecular flexibility index (Phi) is 9.15. The summed E-state index contributed by atoms with van der Waals surface area (Å²) in [5.74, 6) is -4.26. The number of nitrogen functional groups attached to an aromatic ring is 1. The minimum absolute atomic E-state index is 0.0380. The van der Waals surface area contributed by atoms with Crippen molar-refractivity contribution in [1.29, 1.82) is 0 Å². The molecule has 0 radical (unpaired) electrons. The Hall–Kier alpha value is -4.73. The molecule has 0 fully saturated rings. The zero-order valence-corrected chi connectivity index (χ0v) is 20.6. The Morgan fingerprint density at radius 1 is 1.05 bits per heavy atom. The summed E-state index contributed by atoms with van der Waals surface area (Å²) in [7, 11) is 0. The van der Waals surface area contributed by atoms with Crippen molar-refractivity contribution in [3.63, 3.8) is 0 Å². The SMILES string of the molecule is Nc1nc2ncc(CNc3ccc(C(=O)N[C@@H](CCC(=O)O)C(=O)N[C@@H](CS)C(=O)O)cc3)nc2c(=O)[nH]1. The van der Waals surface area contributed by atoms with E-state index < -0.39 is 47.8 Å². The number of carboxylic acid groups (broad SMARTS) is 2. The van der Waals surface area contributed by atoms with Gasteiger partial charge in [0.1, 0.15) is 12.1 Å². The second-order valence-corrected chi connectivity index (χ2v) is 8.32. The van der Waals surface area contributed by atoms with Crippen molar-refractivity contribution >= 4 is 59.2 Å². The summed E-state index contributed by atoms with van der Waals surface area (Å²) in [6, 6.07) is 3.54. The van der Waals surface area contributed by atoms with Crippen LogP contribution >= 0.6 is 12.6 Å². The number of anilines is 2. The first kappa shape index (κ1) is 27.9. The van der Waals surface area contributed by atoms with Gasteiger partial charge in [0.15, 0.2) is 11.2 Å². The fourth-order valence-electron chi connectivity index (χ4n) is 3.22. The number of aliphatic carboxylic acids is 2. The van der Waals surface area contributed by atoms with E-state index >= 15 is 0 Å². The fourth-order valence-corrected chi connectivity index (χ4v) is 3.47. The van der Waals surface area contributed by atoms with E-state index in [-0.39, 0.29) is 41.4 Å². The fraction of sp³-hybridized carbons (Fsp3) is 0.273. The van der Waals surface area contributed by atoms with Crippen LogP contribution in [0.15, 0.2) is 35.3 Å². The molecule has 0 saturated heterocycles. The number of hydrogen-bond donors (Lipinski definition) is 8. The van der Waals surface area contributed by atoms with Crippen molar-refractivity contribution in [1.82, 2.24) is 30.6 Å². The summed E-state index contributed by atoms with van der Waals surface area (Å²) in [5, 5.41) is 25.8. The summed E-state index contributed by atoms with van der Waals surface area (Å²) in [5.41, 5.74) is 6.35. The van der Waals surface area contributed by atoms with Crippen LogP contribution in [0.5, 0.6) is 0 Å². The largest absolute Gasteiger partial charge is 0.481 e. The van der Waals surface area contributed by atoms with Crippen LogP contribution in [0.3, 0.4) is 0 Å². The van der Waals surface area contributed by atoms with Crippen molar-refractivity contribution in [2.75, 3.05) is 16.8 Å². The van der Waals surface area contributed by atoms with Crippen molar-refractivity contribution in [2.24, 2.45) is 0 Å². The van der Waals surface area contributed by atoms with E-state index in [2.05, 4.69) is 48.5 Å². The lowest BCUT2D eigenvalue weighted by atomic mass is 10.1. The van der Waals surface area contributed by atoms with Crippen LogP contribution in [-0.4, -0.2) is 71.7 Å². The lowest BCUT2D eigenvalue weighted by Crippen LogP contribution is -2.52. The van der Waals surface area contributed by atoms with Gasteiger partial charge in [0.05, 0.1) is 18.4 Å². The monoisotopic (exact) mass is 544 g/mol. The van der Waals surface area contributed by atoms with E-state index in [1.165, 1.54) is 18.3 Å². The summed E-state index contributed by atoms with van der Waals surface area (Å²) < 4.78 is 0. The maximum Gasteiger partial charge on any atom is 0.327 e. The average molecular weight is 545 g/mol. The number of nitrogens with one attached hydrogen (secondary N) is 4. The minimum Gasteiger partial charge on any atom is -0.481 e. The van der Waals surface area contributed by atoms with Crippen LogP contribution < -0.4 is 27.2 Å². The van der Waals surface area contributed by atoms with E-state index in [0.29, 0.717) is 11.4 Å². The van der Waals surface area contributed by atoms with Crippen molar-refractivity contribution in [3.05, 3.63) is 52.1 Å². The molecule has 3 rings (SSSR count). The van der Waals surface area contributed by atoms with E-state index in [1.807, 2.05) is 0 Å². The van der Waals surface area contributed by atoms with Crippen LogP contribution in [0.25, 0.3) is 11.2 Å². The Balaban J connectivity index is 1.64. The van der Waals surface area contributed by atoms with Gasteiger partial charge in [-0.15, -0.1) is 0 Å². The zero-order valence-electron chi connectivity index (χ0n) is 19.7. The highest BCUT2D eigenvalue weighted by atomic mass is 32.1. The maximum absolute atomic E-state index is 12.7. The first-order valence-corrected chi connectivity index (χ1v) is 11.7. The first-order valence-electron chi connectivity index (χ1n) is 11.1. The van der Waals surface area contributed by atoms with Crippen LogP contribution in [-0.2, 0) is 20.9 Å². The highest BCUT2D eigenvalue weighted by Crippen LogP contribution is 2.12. The molecular weight excluding hydrogens is 520 g/mol. The minimum atomic E-state index is -1.32. The van der Waals surface area contributed by atoms with Gasteiger partial charge in [-0.2, -0.15) is 17.6 Å². The van der Waals surface area contributed by atoms with Gasteiger partial charge in [-0.25, -0.2) is 14.8 Å². The maximum atomic E-state index is 12.7. The Bertz CT molecular complexity index is 1410. The third-order valence-electron chi connectivity index (χ3n) is 5.17. The summed E-state index contributed by atoms with van der Waals surface area (Å²) >= 11 is 3.87. The second-order valence-electron chi connectivity index (χ2n) is 7.96. The molecule has 1 aromatic carbocycles. The number of rotatable bonds is 12. The molecule has 0 spiro atoms. The molecular formula is C22H24N8O7S. The molecule has 15 nitrogen and oxygen atoms in total. The Labute approximate surface area is 219 Å². The molecule has 38 heavy (non-hydrogen) atoms. The molecule has 2 heterocycles. The van der Waals surface area contributed by atoms with Gasteiger partial charge in [-0.3, -0.25) is 24.2 Å². The number of thiol groups is 1. The summed E-state index contributed by atoms with van der Waals surface area (Å²) in [6.07, 6.45) is 0.768. The number of benzene rings is 1. The third kappa shape index (κ3) is 7.39. The van der Waals surface area contributed by atoms with Gasteiger partial charge in [0.2, 0.25) is 11.9 Å². The normalized spacial score (nSPS) is 12.3. The average Bonchev–Trinajstić information content (AvgIpc) is 2.88. The smallest absolute Gasteiger partial charge is 0.327 e. The first-order chi connectivity index (χ1) is 18.1. The van der Waals surface area contributed by atoms with Crippen molar-refractivity contribution in [2.45, 2.75) is 31.5 Å². The van der Waals surface area contributed by atoms with E-state index in [1.54, 1.807) is 12.1 Å². The standard InChI is InChI=1S/C22H24N8O7S/c23-22-29-17-16(20(35)30-22)26-12(8-25-17)7-24-11-3-1-10(2-4-11)18(33)27-13(5-6-15(31)32)19(34)28-14(9-38)21(36)37/h1-4,8,13-14,24,38H,5-7,9H2,(H,27,33)(H,28,34)(H,31,32)(H,36,37)(H3,23,25,29,30,35)/t13-,14-/m0/s1. The predicted octanol–water partition coefficient (Wildman–Crippen LogP) is -0.630. The Morgan fingerprint density at radius 2 is 1.76 bits per heavy atom. The number of nitrogens with two attached hydrogens (primary N) is 1. The number of amides is 2.